The summed E-state index contributed by atoms with van der Waals surface area (Å²) in [6.45, 7) is 10.7. The molecule has 0 aliphatic carbocycles. The number of carbonyl (C=O) groups is 1. The largest absolute Gasteiger partial charge is 0.289 e. The number of carbonyl (C=O) groups excluding carboxylic acids is 1. The van der Waals surface area contributed by atoms with Gasteiger partial charge < -0.3 is 0 Å². The van der Waals surface area contributed by atoms with Crippen LogP contribution in [0.5, 0.6) is 0 Å². The van der Waals surface area contributed by atoms with Crippen LogP contribution in [0.1, 0.15) is 47.8 Å². The molecule has 0 fully saturated rings. The highest BCUT2D eigenvalue weighted by molar-refractivity contribution is 7.66. The summed E-state index contributed by atoms with van der Waals surface area (Å²) >= 11 is 12.3. The van der Waals surface area contributed by atoms with Crippen molar-refractivity contribution in [1.29, 1.82) is 0 Å². The fourth-order valence-electron chi connectivity index (χ4n) is 2.48. The lowest BCUT2D eigenvalue weighted by Crippen LogP contribution is -2.16. The molecule has 0 heterocycles. The van der Waals surface area contributed by atoms with E-state index in [2.05, 4.69) is 46.8 Å². The molecule has 0 spiro atoms. The molecule has 0 amide bonds. The number of hydrogen-bond donors (Lipinski definition) is 0. The molecule has 2 aromatic carbocycles. The van der Waals surface area contributed by atoms with Crippen molar-refractivity contribution in [3.63, 3.8) is 0 Å². The summed E-state index contributed by atoms with van der Waals surface area (Å²) in [4.78, 5) is 12.7. The van der Waals surface area contributed by atoms with Gasteiger partial charge in [0.1, 0.15) is 0 Å². The van der Waals surface area contributed by atoms with E-state index in [0.29, 0.717) is 15.6 Å². The summed E-state index contributed by atoms with van der Waals surface area (Å²) < 4.78 is 0. The molecule has 0 aliphatic heterocycles. The van der Waals surface area contributed by atoms with E-state index in [1.807, 2.05) is 0 Å². The van der Waals surface area contributed by atoms with Gasteiger partial charge in [-0.25, -0.2) is 0 Å². The third kappa shape index (κ3) is 4.15. The molecule has 1 unspecified atom stereocenters. The second kappa shape index (κ2) is 6.93. The predicted octanol–water partition coefficient (Wildman–Crippen LogP) is 6.05. The molecule has 0 aromatic heterocycles. The number of hydrogen-bond acceptors (Lipinski definition) is 1. The molecule has 0 aliphatic rings. The van der Waals surface area contributed by atoms with Gasteiger partial charge in [0.2, 0.25) is 0 Å². The van der Waals surface area contributed by atoms with E-state index >= 15 is 0 Å². The van der Waals surface area contributed by atoms with Crippen molar-refractivity contribution in [3.05, 3.63) is 62.6 Å². The number of rotatable bonds is 3. The SMILES string of the molecule is Cc1cc(C(C)(C)C)cc(C)c1PC(=O)c1c(Cl)cccc1Cl. The van der Waals surface area contributed by atoms with Gasteiger partial charge in [-0.05, 0) is 62.0 Å². The Labute approximate surface area is 150 Å². The van der Waals surface area contributed by atoms with Crippen LogP contribution in [0.4, 0.5) is 0 Å². The lowest BCUT2D eigenvalue weighted by atomic mass is 9.85. The maximum atomic E-state index is 12.7. The average Bonchev–Trinajstić information content (AvgIpc) is 2.41. The number of halogens is 2. The zero-order chi connectivity index (χ0) is 17.4. The smallest absolute Gasteiger partial charge is 0.188 e. The van der Waals surface area contributed by atoms with Crippen LogP contribution in [0, 0.1) is 13.8 Å². The van der Waals surface area contributed by atoms with E-state index in [-0.39, 0.29) is 19.5 Å². The zero-order valence-corrected chi connectivity index (χ0v) is 16.6. The van der Waals surface area contributed by atoms with Crippen molar-refractivity contribution in [2.75, 3.05) is 0 Å². The Morgan fingerprint density at radius 1 is 1.00 bits per heavy atom. The summed E-state index contributed by atoms with van der Waals surface area (Å²) in [5.41, 5.74) is 4.06. The van der Waals surface area contributed by atoms with Crippen molar-refractivity contribution in [2.24, 2.45) is 0 Å². The van der Waals surface area contributed by atoms with Crippen LogP contribution in [0.2, 0.25) is 10.0 Å². The Kier molecular flexibility index (Phi) is 5.56. The fraction of sp³-hybridized carbons (Fsp3) is 0.316. The Bertz CT molecular complexity index is 717. The Hall–Kier alpha value is -0.880. The van der Waals surface area contributed by atoms with Crippen LogP contribution < -0.4 is 5.30 Å². The third-order valence-corrected chi connectivity index (χ3v) is 5.97. The lowest BCUT2D eigenvalue weighted by Gasteiger charge is -2.22. The third-order valence-electron chi connectivity index (χ3n) is 3.83. The van der Waals surface area contributed by atoms with E-state index < -0.39 is 0 Å². The van der Waals surface area contributed by atoms with Crippen molar-refractivity contribution in [3.8, 4) is 0 Å². The molecule has 0 bridgehead atoms. The maximum Gasteiger partial charge on any atom is 0.188 e. The van der Waals surface area contributed by atoms with Gasteiger partial charge in [-0.1, -0.05) is 62.2 Å². The van der Waals surface area contributed by atoms with Gasteiger partial charge in [-0.2, -0.15) is 0 Å². The first kappa shape index (κ1) is 18.5. The lowest BCUT2D eigenvalue weighted by molar-refractivity contribution is 0.108. The van der Waals surface area contributed by atoms with Gasteiger partial charge in [-0.3, -0.25) is 4.79 Å². The first-order valence-corrected chi connectivity index (χ1v) is 9.24. The molecule has 0 saturated carbocycles. The molecule has 0 saturated heterocycles. The minimum atomic E-state index is -0.0182. The van der Waals surface area contributed by atoms with Crippen LogP contribution >= 0.6 is 31.8 Å². The van der Waals surface area contributed by atoms with Crippen LogP contribution in [0.3, 0.4) is 0 Å². The number of aryl methyl sites for hydroxylation is 2. The van der Waals surface area contributed by atoms with Gasteiger partial charge in [0.25, 0.3) is 0 Å². The first-order valence-electron chi connectivity index (χ1n) is 7.48. The molecule has 1 nitrogen and oxygen atoms in total. The van der Waals surface area contributed by atoms with Gasteiger partial charge >= 0.3 is 0 Å². The van der Waals surface area contributed by atoms with Gasteiger partial charge in [0.15, 0.2) is 5.52 Å². The summed E-state index contributed by atoms with van der Waals surface area (Å²) in [6.07, 6.45) is 0. The van der Waals surface area contributed by atoms with E-state index in [0.717, 1.165) is 16.4 Å². The highest BCUT2D eigenvalue weighted by Gasteiger charge is 2.20. The van der Waals surface area contributed by atoms with Crippen LogP contribution in [0.25, 0.3) is 0 Å². The van der Waals surface area contributed by atoms with Crippen LogP contribution in [-0.2, 0) is 5.41 Å². The molecule has 4 heteroatoms. The van der Waals surface area contributed by atoms with Crippen LogP contribution in [-0.4, -0.2) is 5.52 Å². The summed E-state index contributed by atoms with van der Waals surface area (Å²) in [7, 11) is 0.0181. The van der Waals surface area contributed by atoms with Crippen LogP contribution in [0.15, 0.2) is 30.3 Å². The van der Waals surface area contributed by atoms with Crippen molar-refractivity contribution in [2.45, 2.75) is 40.0 Å². The zero-order valence-electron chi connectivity index (χ0n) is 14.1. The molecular weight excluding hydrogens is 346 g/mol. The summed E-state index contributed by atoms with van der Waals surface area (Å²) in [5, 5.41) is 1.91. The van der Waals surface area contributed by atoms with E-state index in [1.54, 1.807) is 18.2 Å². The Morgan fingerprint density at radius 2 is 1.48 bits per heavy atom. The second-order valence-corrected chi connectivity index (χ2v) is 8.80. The second-order valence-electron chi connectivity index (χ2n) is 6.79. The van der Waals surface area contributed by atoms with E-state index in [4.69, 9.17) is 23.2 Å². The molecule has 2 aromatic rings. The normalized spacial score (nSPS) is 12.1. The standard InChI is InChI=1S/C19H21Cl2OP/c1-11-9-13(19(3,4)5)10-12(2)17(11)23-18(22)16-14(20)7-6-8-15(16)21/h6-10,23H,1-5H3. The first-order chi connectivity index (χ1) is 10.6. The van der Waals surface area contributed by atoms with E-state index in [1.165, 1.54) is 5.56 Å². The molecule has 23 heavy (non-hydrogen) atoms. The molecule has 1 atom stereocenters. The number of benzene rings is 2. The highest BCUT2D eigenvalue weighted by Crippen LogP contribution is 2.33. The summed E-state index contributed by atoms with van der Waals surface area (Å²) in [6, 6.07) is 9.51. The molecule has 0 radical (unpaired) electrons. The quantitative estimate of drug-likeness (QED) is 0.604. The Balaban J connectivity index is 2.39. The highest BCUT2D eigenvalue weighted by atomic mass is 35.5. The molecular formula is C19H21Cl2OP. The average molecular weight is 367 g/mol. The van der Waals surface area contributed by atoms with Gasteiger partial charge in [-0.15, -0.1) is 0 Å². The maximum absolute atomic E-state index is 12.7. The van der Waals surface area contributed by atoms with Crippen molar-refractivity contribution >= 4 is 42.6 Å². The van der Waals surface area contributed by atoms with Gasteiger partial charge in [0.05, 0.1) is 15.6 Å². The Morgan fingerprint density at radius 3 is 1.91 bits per heavy atom. The van der Waals surface area contributed by atoms with E-state index in [9.17, 15) is 4.79 Å². The van der Waals surface area contributed by atoms with Crippen molar-refractivity contribution in [1.82, 2.24) is 0 Å². The minimum absolute atomic E-state index is 0.0181. The molecule has 0 N–H and O–H groups in total. The fourth-order valence-corrected chi connectivity index (χ4v) is 4.37. The van der Waals surface area contributed by atoms with Gasteiger partial charge in [0, 0.05) is 0 Å². The topological polar surface area (TPSA) is 17.1 Å². The molecule has 122 valence electrons. The minimum Gasteiger partial charge on any atom is -0.289 e. The van der Waals surface area contributed by atoms with Crippen molar-refractivity contribution < 1.29 is 4.79 Å². The summed E-state index contributed by atoms with van der Waals surface area (Å²) in [5.74, 6) is 0. The predicted molar refractivity (Wildman–Crippen MR) is 103 cm³/mol. The molecule has 2 rings (SSSR count). The monoisotopic (exact) mass is 366 g/mol.